The van der Waals surface area contributed by atoms with Crippen molar-refractivity contribution in [2.75, 3.05) is 13.1 Å². The maximum absolute atomic E-state index is 12.2. The highest BCUT2D eigenvalue weighted by Gasteiger charge is 2.41. The Kier molecular flexibility index (Phi) is 4.32. The van der Waals surface area contributed by atoms with Crippen molar-refractivity contribution >= 4 is 5.91 Å². The van der Waals surface area contributed by atoms with Crippen LogP contribution in [0.1, 0.15) is 43.7 Å². The average molecular weight is 285 g/mol. The van der Waals surface area contributed by atoms with Crippen LogP contribution in [0.4, 0.5) is 0 Å². The zero-order valence-electron chi connectivity index (χ0n) is 13.3. The Morgan fingerprint density at radius 1 is 1.19 bits per heavy atom. The van der Waals surface area contributed by atoms with Gasteiger partial charge >= 0.3 is 0 Å². The predicted octanol–water partition coefficient (Wildman–Crippen LogP) is 3.82. The van der Waals surface area contributed by atoms with E-state index >= 15 is 0 Å². The number of amides is 1. The van der Waals surface area contributed by atoms with Crippen LogP contribution in [0, 0.1) is 24.7 Å². The summed E-state index contributed by atoms with van der Waals surface area (Å²) in [6.45, 7) is 6.30. The normalized spacial score (nSPS) is 25.9. The highest BCUT2D eigenvalue weighted by atomic mass is 16.2. The van der Waals surface area contributed by atoms with Gasteiger partial charge in [0.2, 0.25) is 5.91 Å². The fourth-order valence-electron chi connectivity index (χ4n) is 3.47. The molecule has 0 unspecified atom stereocenters. The van der Waals surface area contributed by atoms with Gasteiger partial charge < -0.3 is 4.90 Å². The first-order chi connectivity index (χ1) is 10.1. The molecule has 0 spiro atoms. The van der Waals surface area contributed by atoms with Crippen LogP contribution in [-0.2, 0) is 11.2 Å². The number of piperidine rings is 1. The Morgan fingerprint density at radius 3 is 2.38 bits per heavy atom. The van der Waals surface area contributed by atoms with Crippen molar-refractivity contribution in [3.8, 4) is 0 Å². The fourth-order valence-corrected chi connectivity index (χ4v) is 3.47. The molecule has 1 aliphatic carbocycles. The van der Waals surface area contributed by atoms with Gasteiger partial charge in [-0.1, -0.05) is 36.8 Å². The van der Waals surface area contributed by atoms with Gasteiger partial charge in [-0.3, -0.25) is 4.79 Å². The molecule has 2 heteroatoms. The lowest BCUT2D eigenvalue weighted by atomic mass is 9.90. The third kappa shape index (κ3) is 3.66. The molecular weight excluding hydrogens is 258 g/mol. The van der Waals surface area contributed by atoms with E-state index in [2.05, 4.69) is 43.0 Å². The Bertz CT molecular complexity index is 485. The molecular formula is C19H27NO. The van der Waals surface area contributed by atoms with Gasteiger partial charge in [0.25, 0.3) is 0 Å². The van der Waals surface area contributed by atoms with Gasteiger partial charge in [-0.2, -0.15) is 0 Å². The predicted molar refractivity (Wildman–Crippen MR) is 86.1 cm³/mol. The summed E-state index contributed by atoms with van der Waals surface area (Å²) in [5, 5.41) is 0. The van der Waals surface area contributed by atoms with E-state index in [4.69, 9.17) is 0 Å². The maximum Gasteiger partial charge on any atom is 0.225 e. The summed E-state index contributed by atoms with van der Waals surface area (Å²) in [4.78, 5) is 14.3. The highest BCUT2D eigenvalue weighted by Crippen LogP contribution is 2.40. The van der Waals surface area contributed by atoms with Gasteiger partial charge in [0.15, 0.2) is 0 Å². The third-order valence-corrected chi connectivity index (χ3v) is 5.31. The highest BCUT2D eigenvalue weighted by molar-refractivity contribution is 5.81. The molecule has 1 amide bonds. The molecule has 21 heavy (non-hydrogen) atoms. The molecule has 1 aromatic rings. The van der Waals surface area contributed by atoms with E-state index in [9.17, 15) is 4.79 Å². The molecule has 2 fully saturated rings. The summed E-state index contributed by atoms with van der Waals surface area (Å²) in [6.07, 6.45) is 5.95. The van der Waals surface area contributed by atoms with Gasteiger partial charge in [-0.15, -0.1) is 0 Å². The molecule has 2 atom stereocenters. The molecule has 114 valence electrons. The molecule has 1 aliphatic heterocycles. The van der Waals surface area contributed by atoms with Gasteiger partial charge in [-0.25, -0.2) is 0 Å². The number of nitrogens with zero attached hydrogens (tertiary/aromatic N) is 1. The number of carbonyl (C=O) groups is 1. The van der Waals surface area contributed by atoms with Gasteiger partial charge in [0.1, 0.15) is 0 Å². The molecule has 0 radical (unpaired) electrons. The van der Waals surface area contributed by atoms with Crippen molar-refractivity contribution in [3.05, 3.63) is 35.4 Å². The number of likely N-dealkylation sites (tertiary alicyclic amines) is 1. The Labute approximate surface area is 128 Å². The van der Waals surface area contributed by atoms with E-state index in [1.807, 2.05) is 0 Å². The zero-order valence-corrected chi connectivity index (χ0v) is 13.3. The van der Waals surface area contributed by atoms with Crippen molar-refractivity contribution in [2.45, 2.75) is 46.0 Å². The fraction of sp³-hybridized carbons (Fsp3) is 0.632. The largest absolute Gasteiger partial charge is 0.342 e. The van der Waals surface area contributed by atoms with Gasteiger partial charge in [0, 0.05) is 19.0 Å². The van der Waals surface area contributed by atoms with Crippen LogP contribution in [0.2, 0.25) is 0 Å². The van der Waals surface area contributed by atoms with Crippen molar-refractivity contribution in [1.82, 2.24) is 4.90 Å². The molecule has 2 nitrogen and oxygen atoms in total. The first-order valence-corrected chi connectivity index (χ1v) is 8.48. The first kappa shape index (κ1) is 14.6. The number of hydrogen-bond donors (Lipinski definition) is 0. The lowest BCUT2D eigenvalue weighted by Gasteiger charge is -2.32. The molecule has 0 bridgehead atoms. The minimum atomic E-state index is 0.356. The molecule has 1 aromatic carbocycles. The number of hydrogen-bond acceptors (Lipinski definition) is 1. The van der Waals surface area contributed by atoms with Crippen molar-refractivity contribution in [2.24, 2.45) is 17.8 Å². The van der Waals surface area contributed by atoms with Gasteiger partial charge in [-0.05, 0) is 56.4 Å². The van der Waals surface area contributed by atoms with Crippen LogP contribution in [0.15, 0.2) is 24.3 Å². The SMILES string of the molecule is Cc1ccc(CCC2CCN(C(=O)[C@@H]3C[C@@H]3C)CC2)cc1. The summed E-state index contributed by atoms with van der Waals surface area (Å²) >= 11 is 0. The monoisotopic (exact) mass is 285 g/mol. The average Bonchev–Trinajstić information content (AvgIpc) is 3.23. The summed E-state index contributed by atoms with van der Waals surface area (Å²) in [5.74, 6) is 2.22. The topological polar surface area (TPSA) is 20.3 Å². The van der Waals surface area contributed by atoms with Crippen LogP contribution >= 0.6 is 0 Å². The lowest BCUT2D eigenvalue weighted by Crippen LogP contribution is -2.39. The Morgan fingerprint density at radius 2 is 1.81 bits per heavy atom. The second-order valence-electron chi connectivity index (χ2n) is 7.11. The molecule has 1 heterocycles. The van der Waals surface area contributed by atoms with Crippen LogP contribution in [0.5, 0.6) is 0 Å². The van der Waals surface area contributed by atoms with Crippen LogP contribution < -0.4 is 0 Å². The second kappa shape index (κ2) is 6.21. The van der Waals surface area contributed by atoms with Crippen LogP contribution in [0.3, 0.4) is 0 Å². The van der Waals surface area contributed by atoms with Crippen molar-refractivity contribution in [3.63, 3.8) is 0 Å². The quantitative estimate of drug-likeness (QED) is 0.823. The summed E-state index contributed by atoms with van der Waals surface area (Å²) in [7, 11) is 0. The number of carbonyl (C=O) groups excluding carboxylic acids is 1. The zero-order chi connectivity index (χ0) is 14.8. The minimum absolute atomic E-state index is 0.356. The van der Waals surface area contributed by atoms with E-state index in [-0.39, 0.29) is 0 Å². The number of aryl methyl sites for hydroxylation is 2. The minimum Gasteiger partial charge on any atom is -0.342 e. The molecule has 3 rings (SSSR count). The molecule has 1 saturated carbocycles. The Balaban J connectivity index is 1.41. The van der Waals surface area contributed by atoms with E-state index in [1.165, 1.54) is 36.8 Å². The van der Waals surface area contributed by atoms with Crippen LogP contribution in [0.25, 0.3) is 0 Å². The van der Waals surface area contributed by atoms with E-state index < -0.39 is 0 Å². The number of benzene rings is 1. The molecule has 0 N–H and O–H groups in total. The van der Waals surface area contributed by atoms with E-state index in [1.54, 1.807) is 0 Å². The van der Waals surface area contributed by atoms with E-state index in [0.29, 0.717) is 17.7 Å². The summed E-state index contributed by atoms with van der Waals surface area (Å²) < 4.78 is 0. The molecule has 2 aliphatic rings. The first-order valence-electron chi connectivity index (χ1n) is 8.48. The van der Waals surface area contributed by atoms with Crippen molar-refractivity contribution in [1.29, 1.82) is 0 Å². The Hall–Kier alpha value is -1.31. The molecule has 1 saturated heterocycles. The number of rotatable bonds is 4. The smallest absolute Gasteiger partial charge is 0.225 e. The maximum atomic E-state index is 12.2. The third-order valence-electron chi connectivity index (χ3n) is 5.31. The summed E-state index contributed by atoms with van der Waals surface area (Å²) in [5.41, 5.74) is 2.78. The van der Waals surface area contributed by atoms with Gasteiger partial charge in [0.05, 0.1) is 0 Å². The second-order valence-corrected chi connectivity index (χ2v) is 7.11. The summed E-state index contributed by atoms with van der Waals surface area (Å²) in [6, 6.07) is 8.91. The lowest BCUT2D eigenvalue weighted by molar-refractivity contribution is -0.134. The van der Waals surface area contributed by atoms with Crippen molar-refractivity contribution < 1.29 is 4.79 Å². The standard InChI is InChI=1S/C19H27NO/c1-14-3-5-16(6-4-14)7-8-17-9-11-20(12-10-17)19(21)18-13-15(18)2/h3-6,15,17-18H,7-13H2,1-2H3/t15-,18+/m0/s1. The van der Waals surface area contributed by atoms with E-state index in [0.717, 1.165) is 25.4 Å². The van der Waals surface area contributed by atoms with Crippen LogP contribution in [-0.4, -0.2) is 23.9 Å². The molecule has 0 aromatic heterocycles.